The highest BCUT2D eigenvalue weighted by Gasteiger charge is 2.46. The number of imide groups is 1. The molecule has 31 heavy (non-hydrogen) atoms. The van der Waals surface area contributed by atoms with E-state index in [9.17, 15) is 14.4 Å². The van der Waals surface area contributed by atoms with Crippen LogP contribution in [-0.4, -0.2) is 17.7 Å². The van der Waals surface area contributed by atoms with Gasteiger partial charge in [-0.1, -0.05) is 75.5 Å². The maximum absolute atomic E-state index is 13.5. The second-order valence-corrected chi connectivity index (χ2v) is 8.69. The van der Waals surface area contributed by atoms with E-state index < -0.39 is 29.7 Å². The third-order valence-electron chi connectivity index (χ3n) is 5.03. The number of anilines is 1. The van der Waals surface area contributed by atoms with Crippen LogP contribution in [0.2, 0.25) is 10.0 Å². The molecule has 0 unspecified atom stereocenters. The summed E-state index contributed by atoms with van der Waals surface area (Å²) in [5.41, 5.74) is 1.25. The Bertz CT molecular complexity index is 1170. The molecule has 1 aliphatic rings. The average Bonchev–Trinajstić information content (AvgIpc) is 2.76. The quantitative estimate of drug-likeness (QED) is 0.338. The zero-order valence-electron chi connectivity index (χ0n) is 15.9. The molecule has 5 nitrogen and oxygen atoms in total. The molecule has 1 aliphatic heterocycles. The smallest absolute Gasteiger partial charge is 0.329 e. The van der Waals surface area contributed by atoms with E-state index in [4.69, 9.17) is 23.2 Å². The fraction of sp³-hybridized carbons (Fsp3) is 0.0870. The van der Waals surface area contributed by atoms with Gasteiger partial charge in [-0.2, -0.15) is 0 Å². The van der Waals surface area contributed by atoms with E-state index in [1.54, 1.807) is 72.8 Å². The zero-order valence-corrected chi connectivity index (χ0v) is 19.0. The van der Waals surface area contributed by atoms with Crippen LogP contribution < -0.4 is 10.2 Å². The van der Waals surface area contributed by atoms with Crippen LogP contribution in [-0.2, 0) is 4.79 Å². The molecule has 1 fully saturated rings. The molecular weight excluding hydrogens is 503 g/mol. The average molecular weight is 518 g/mol. The van der Waals surface area contributed by atoms with Crippen LogP contribution in [0.5, 0.6) is 0 Å². The van der Waals surface area contributed by atoms with E-state index in [1.807, 2.05) is 0 Å². The normalized spacial score (nSPS) is 18.6. The Labute approximate surface area is 197 Å². The fourth-order valence-electron chi connectivity index (χ4n) is 3.52. The van der Waals surface area contributed by atoms with E-state index in [1.165, 1.54) is 0 Å². The van der Waals surface area contributed by atoms with Crippen molar-refractivity contribution < 1.29 is 14.4 Å². The number of Topliss-reactive ketones (excluding diaryl/α,β-unsaturated/α-hetero) is 1. The number of ketones is 1. The summed E-state index contributed by atoms with van der Waals surface area (Å²) in [5, 5.41) is 3.40. The van der Waals surface area contributed by atoms with Crippen LogP contribution in [0.1, 0.15) is 22.0 Å². The van der Waals surface area contributed by atoms with E-state index >= 15 is 0 Å². The van der Waals surface area contributed by atoms with Crippen LogP contribution in [0, 0.1) is 5.92 Å². The van der Waals surface area contributed by atoms with Gasteiger partial charge in [-0.3, -0.25) is 9.59 Å². The largest absolute Gasteiger partial charge is 0.329 e. The number of rotatable bonds is 4. The van der Waals surface area contributed by atoms with Crippen LogP contribution in [0.15, 0.2) is 77.3 Å². The SMILES string of the molecule is O=C(c1ccc(Br)cc1)[C@H]1C(=O)N(c2ccccc2)C(=O)N[C@@H]1c1ccc(Cl)c(Cl)c1. The zero-order chi connectivity index (χ0) is 22.1. The Hall–Kier alpha value is -2.67. The molecule has 2 atom stereocenters. The number of carbonyl (C=O) groups is 3. The number of benzene rings is 3. The first kappa shape index (κ1) is 21.6. The molecule has 1 heterocycles. The summed E-state index contributed by atoms with van der Waals surface area (Å²) in [5.74, 6) is -2.20. The molecule has 4 rings (SSSR count). The number of nitrogens with one attached hydrogen (secondary N) is 1. The lowest BCUT2D eigenvalue weighted by molar-refractivity contribution is -0.121. The minimum Gasteiger partial charge on any atom is -0.329 e. The molecule has 1 saturated heterocycles. The topological polar surface area (TPSA) is 66.5 Å². The number of hydrogen-bond acceptors (Lipinski definition) is 3. The fourth-order valence-corrected chi connectivity index (χ4v) is 4.09. The second-order valence-electron chi connectivity index (χ2n) is 6.96. The Kier molecular flexibility index (Phi) is 6.14. The van der Waals surface area contributed by atoms with Crippen molar-refractivity contribution in [2.45, 2.75) is 6.04 Å². The maximum Gasteiger partial charge on any atom is 0.329 e. The lowest BCUT2D eigenvalue weighted by atomic mass is 9.84. The first-order valence-corrected chi connectivity index (χ1v) is 10.9. The Morgan fingerprint density at radius 3 is 2.23 bits per heavy atom. The van der Waals surface area contributed by atoms with Crippen molar-refractivity contribution in [3.05, 3.63) is 98.4 Å². The van der Waals surface area contributed by atoms with Gasteiger partial charge >= 0.3 is 6.03 Å². The van der Waals surface area contributed by atoms with Gasteiger partial charge in [0.15, 0.2) is 5.78 Å². The number of urea groups is 1. The van der Waals surface area contributed by atoms with E-state index in [0.717, 1.165) is 9.37 Å². The number of carbonyl (C=O) groups excluding carboxylic acids is 3. The predicted molar refractivity (Wildman–Crippen MR) is 124 cm³/mol. The summed E-state index contributed by atoms with van der Waals surface area (Å²) in [6.45, 7) is 0. The molecule has 0 aliphatic carbocycles. The summed E-state index contributed by atoms with van der Waals surface area (Å²) in [4.78, 5) is 40.9. The summed E-state index contributed by atoms with van der Waals surface area (Å²) in [6.07, 6.45) is 0. The van der Waals surface area contributed by atoms with E-state index in [0.29, 0.717) is 21.8 Å². The molecule has 156 valence electrons. The number of para-hydroxylation sites is 1. The highest BCUT2D eigenvalue weighted by atomic mass is 79.9. The summed E-state index contributed by atoms with van der Waals surface area (Å²) in [7, 11) is 0. The highest BCUT2D eigenvalue weighted by molar-refractivity contribution is 9.10. The minimum atomic E-state index is -1.18. The van der Waals surface area contributed by atoms with Gasteiger partial charge in [0.25, 0.3) is 0 Å². The molecular formula is C23H15BrCl2N2O3. The highest BCUT2D eigenvalue weighted by Crippen LogP contribution is 2.35. The van der Waals surface area contributed by atoms with Gasteiger partial charge in [0.1, 0.15) is 5.92 Å². The van der Waals surface area contributed by atoms with Gasteiger partial charge < -0.3 is 5.32 Å². The first-order valence-electron chi connectivity index (χ1n) is 9.31. The Morgan fingerprint density at radius 1 is 0.903 bits per heavy atom. The van der Waals surface area contributed by atoms with Gasteiger partial charge in [-0.15, -0.1) is 0 Å². The number of nitrogens with zero attached hydrogens (tertiary/aromatic N) is 1. The summed E-state index contributed by atoms with van der Waals surface area (Å²) in [6, 6.07) is 18.5. The summed E-state index contributed by atoms with van der Waals surface area (Å²) >= 11 is 15.5. The van der Waals surface area contributed by atoms with Gasteiger partial charge in [-0.05, 0) is 42.0 Å². The Morgan fingerprint density at radius 2 is 1.58 bits per heavy atom. The molecule has 3 amide bonds. The molecule has 1 N–H and O–H groups in total. The van der Waals surface area contributed by atoms with E-state index in [-0.39, 0.29) is 5.02 Å². The maximum atomic E-state index is 13.5. The van der Waals surface area contributed by atoms with Crippen LogP contribution in [0.4, 0.5) is 10.5 Å². The van der Waals surface area contributed by atoms with Crippen LogP contribution in [0.25, 0.3) is 0 Å². The summed E-state index contributed by atoms with van der Waals surface area (Å²) < 4.78 is 0.805. The van der Waals surface area contributed by atoms with Crippen molar-refractivity contribution in [3.63, 3.8) is 0 Å². The van der Waals surface area contributed by atoms with Crippen molar-refractivity contribution in [3.8, 4) is 0 Å². The molecule has 3 aromatic rings. The minimum absolute atomic E-state index is 0.265. The number of amides is 3. The second kappa shape index (κ2) is 8.83. The molecule has 0 bridgehead atoms. The lowest BCUT2D eigenvalue weighted by Crippen LogP contribution is -2.58. The van der Waals surface area contributed by atoms with Gasteiger partial charge in [0, 0.05) is 10.0 Å². The first-order chi connectivity index (χ1) is 14.9. The molecule has 0 spiro atoms. The van der Waals surface area contributed by atoms with Crippen LogP contribution in [0.3, 0.4) is 0 Å². The van der Waals surface area contributed by atoms with Crippen LogP contribution >= 0.6 is 39.1 Å². The number of hydrogen-bond donors (Lipinski definition) is 1. The Balaban J connectivity index is 1.81. The van der Waals surface area contributed by atoms with E-state index in [2.05, 4.69) is 21.2 Å². The van der Waals surface area contributed by atoms with Crippen molar-refractivity contribution in [2.75, 3.05) is 4.90 Å². The van der Waals surface area contributed by atoms with Crippen molar-refractivity contribution in [1.29, 1.82) is 0 Å². The van der Waals surface area contributed by atoms with Gasteiger partial charge in [-0.25, -0.2) is 9.69 Å². The number of halogens is 3. The van der Waals surface area contributed by atoms with Gasteiger partial charge in [0.05, 0.1) is 21.8 Å². The molecule has 3 aromatic carbocycles. The molecule has 8 heteroatoms. The monoisotopic (exact) mass is 516 g/mol. The standard InChI is InChI=1S/C23H15BrCl2N2O3/c24-15-9-6-13(7-10-15)21(29)19-20(14-8-11-17(25)18(26)12-14)27-23(31)28(22(19)30)16-4-2-1-3-5-16/h1-12,19-20H,(H,27,31)/t19-,20+/m0/s1. The molecule has 0 radical (unpaired) electrons. The third-order valence-corrected chi connectivity index (χ3v) is 6.30. The van der Waals surface area contributed by atoms with Crippen molar-refractivity contribution >= 4 is 62.5 Å². The van der Waals surface area contributed by atoms with Crippen molar-refractivity contribution in [2.24, 2.45) is 5.92 Å². The van der Waals surface area contributed by atoms with Gasteiger partial charge in [0.2, 0.25) is 5.91 Å². The van der Waals surface area contributed by atoms with Crippen molar-refractivity contribution in [1.82, 2.24) is 5.32 Å². The predicted octanol–water partition coefficient (Wildman–Crippen LogP) is 6.05. The lowest BCUT2D eigenvalue weighted by Gasteiger charge is -2.37. The third kappa shape index (κ3) is 4.24. The molecule has 0 saturated carbocycles. The molecule has 0 aromatic heterocycles.